The third kappa shape index (κ3) is 3.40. The summed E-state index contributed by atoms with van der Waals surface area (Å²) in [7, 11) is 1.91. The lowest BCUT2D eigenvalue weighted by Gasteiger charge is -2.27. The standard InChI is InChI=1S/C16H21N3O2/c1-19(11-12-5-3-2-4-6-12)16(20)10-13-7-8-14-15(9-13)18-21-17-14/h7-9,12H,2-6,10-11H2,1H3. The fourth-order valence-electron chi connectivity index (χ4n) is 3.11. The van der Waals surface area contributed by atoms with Crippen LogP contribution in [0.25, 0.3) is 11.0 Å². The maximum absolute atomic E-state index is 12.3. The van der Waals surface area contributed by atoms with E-state index >= 15 is 0 Å². The van der Waals surface area contributed by atoms with Crippen LogP contribution in [0.1, 0.15) is 37.7 Å². The lowest BCUT2D eigenvalue weighted by Crippen LogP contribution is -2.33. The maximum atomic E-state index is 12.3. The molecule has 0 aliphatic heterocycles. The van der Waals surface area contributed by atoms with Crippen LogP contribution < -0.4 is 0 Å². The van der Waals surface area contributed by atoms with Crippen molar-refractivity contribution in [1.82, 2.24) is 15.2 Å². The van der Waals surface area contributed by atoms with E-state index in [1.54, 1.807) is 0 Å². The molecule has 1 heterocycles. The quantitative estimate of drug-likeness (QED) is 0.867. The molecule has 2 aromatic rings. The first-order valence-electron chi connectivity index (χ1n) is 7.67. The molecule has 1 aliphatic rings. The zero-order valence-electron chi connectivity index (χ0n) is 12.4. The summed E-state index contributed by atoms with van der Waals surface area (Å²) in [4.78, 5) is 14.2. The molecule has 0 N–H and O–H groups in total. The summed E-state index contributed by atoms with van der Waals surface area (Å²) in [5.74, 6) is 0.839. The molecule has 112 valence electrons. The zero-order chi connectivity index (χ0) is 14.7. The minimum absolute atomic E-state index is 0.163. The number of fused-ring (bicyclic) bond motifs is 1. The Morgan fingerprint density at radius 3 is 2.81 bits per heavy atom. The van der Waals surface area contributed by atoms with E-state index in [1.807, 2.05) is 30.1 Å². The molecule has 3 rings (SSSR count). The molecule has 1 aliphatic carbocycles. The Balaban J connectivity index is 1.59. The van der Waals surface area contributed by atoms with E-state index in [0.717, 1.165) is 17.6 Å². The van der Waals surface area contributed by atoms with Gasteiger partial charge in [0, 0.05) is 13.6 Å². The first kappa shape index (κ1) is 14.0. The number of rotatable bonds is 4. The van der Waals surface area contributed by atoms with Gasteiger partial charge in [-0.05, 0) is 46.8 Å². The van der Waals surface area contributed by atoms with E-state index in [1.165, 1.54) is 32.1 Å². The van der Waals surface area contributed by atoms with E-state index in [2.05, 4.69) is 14.9 Å². The predicted molar refractivity (Wildman–Crippen MR) is 79.7 cm³/mol. The summed E-state index contributed by atoms with van der Waals surface area (Å²) >= 11 is 0. The van der Waals surface area contributed by atoms with Crippen molar-refractivity contribution < 1.29 is 9.42 Å². The topological polar surface area (TPSA) is 59.2 Å². The van der Waals surface area contributed by atoms with Crippen molar-refractivity contribution in [3.05, 3.63) is 23.8 Å². The summed E-state index contributed by atoms with van der Waals surface area (Å²) in [6.45, 7) is 0.882. The number of aromatic nitrogens is 2. The molecule has 5 nitrogen and oxygen atoms in total. The minimum Gasteiger partial charge on any atom is -0.345 e. The van der Waals surface area contributed by atoms with Crippen molar-refractivity contribution in [2.75, 3.05) is 13.6 Å². The molecular formula is C16H21N3O2. The number of likely N-dealkylation sites (N-methyl/N-ethyl adjacent to an activating group) is 1. The first-order chi connectivity index (χ1) is 10.2. The molecule has 0 radical (unpaired) electrons. The van der Waals surface area contributed by atoms with Gasteiger partial charge >= 0.3 is 0 Å². The molecule has 1 saturated carbocycles. The van der Waals surface area contributed by atoms with Crippen LogP contribution in [0.4, 0.5) is 0 Å². The monoisotopic (exact) mass is 287 g/mol. The smallest absolute Gasteiger partial charge is 0.226 e. The highest BCUT2D eigenvalue weighted by Gasteiger charge is 2.18. The molecule has 1 fully saturated rings. The molecule has 21 heavy (non-hydrogen) atoms. The summed E-state index contributed by atoms with van der Waals surface area (Å²) in [6.07, 6.45) is 6.89. The minimum atomic E-state index is 0.163. The van der Waals surface area contributed by atoms with E-state index < -0.39 is 0 Å². The Morgan fingerprint density at radius 2 is 2.00 bits per heavy atom. The molecule has 0 saturated heterocycles. The van der Waals surface area contributed by atoms with Crippen molar-refractivity contribution in [3.63, 3.8) is 0 Å². The van der Waals surface area contributed by atoms with Gasteiger partial charge in [0.15, 0.2) is 0 Å². The predicted octanol–water partition coefficient (Wildman–Crippen LogP) is 2.80. The molecule has 1 amide bonds. The van der Waals surface area contributed by atoms with Crippen LogP contribution in [0.2, 0.25) is 0 Å². The van der Waals surface area contributed by atoms with E-state index in [0.29, 0.717) is 17.9 Å². The van der Waals surface area contributed by atoms with E-state index in [4.69, 9.17) is 0 Å². The van der Waals surface area contributed by atoms with Gasteiger partial charge in [-0.25, -0.2) is 4.63 Å². The van der Waals surface area contributed by atoms with Gasteiger partial charge in [0.1, 0.15) is 11.0 Å². The van der Waals surface area contributed by atoms with Gasteiger partial charge in [-0.3, -0.25) is 4.79 Å². The van der Waals surface area contributed by atoms with Gasteiger partial charge in [-0.1, -0.05) is 25.3 Å². The number of nitrogens with zero attached hydrogens (tertiary/aromatic N) is 3. The van der Waals surface area contributed by atoms with Gasteiger partial charge in [-0.15, -0.1) is 0 Å². The Bertz CT molecular complexity index is 617. The summed E-state index contributed by atoms with van der Waals surface area (Å²) in [5.41, 5.74) is 2.38. The van der Waals surface area contributed by atoms with Crippen LogP contribution in [-0.2, 0) is 11.2 Å². The second kappa shape index (κ2) is 6.24. The fourth-order valence-corrected chi connectivity index (χ4v) is 3.11. The van der Waals surface area contributed by atoms with Gasteiger partial charge in [0.2, 0.25) is 5.91 Å². The van der Waals surface area contributed by atoms with Crippen LogP contribution in [0, 0.1) is 5.92 Å². The second-order valence-electron chi connectivity index (χ2n) is 6.04. The summed E-state index contributed by atoms with van der Waals surface area (Å²) in [5, 5.41) is 7.58. The Kier molecular flexibility index (Phi) is 4.18. The Hall–Kier alpha value is -1.91. The van der Waals surface area contributed by atoms with Crippen molar-refractivity contribution in [2.45, 2.75) is 38.5 Å². The molecule has 0 bridgehead atoms. The Labute approximate surface area is 124 Å². The molecule has 0 unspecified atom stereocenters. The second-order valence-corrected chi connectivity index (χ2v) is 6.04. The molecular weight excluding hydrogens is 266 g/mol. The van der Waals surface area contributed by atoms with E-state index in [9.17, 15) is 4.79 Å². The number of hydrogen-bond donors (Lipinski definition) is 0. The highest BCUT2D eigenvalue weighted by molar-refractivity contribution is 5.81. The van der Waals surface area contributed by atoms with Crippen LogP contribution in [0.3, 0.4) is 0 Å². The number of amides is 1. The fraction of sp³-hybridized carbons (Fsp3) is 0.562. The van der Waals surface area contributed by atoms with E-state index in [-0.39, 0.29) is 5.91 Å². The molecule has 1 aromatic carbocycles. The third-order valence-corrected chi connectivity index (χ3v) is 4.36. The lowest BCUT2D eigenvalue weighted by atomic mass is 9.89. The Morgan fingerprint density at radius 1 is 1.24 bits per heavy atom. The number of carbonyl (C=O) groups excluding carboxylic acids is 1. The normalized spacial score (nSPS) is 16.2. The summed E-state index contributed by atoms with van der Waals surface area (Å²) < 4.78 is 4.68. The van der Waals surface area contributed by atoms with Crippen LogP contribution >= 0.6 is 0 Å². The molecule has 5 heteroatoms. The zero-order valence-corrected chi connectivity index (χ0v) is 12.4. The van der Waals surface area contributed by atoms with Crippen LogP contribution in [-0.4, -0.2) is 34.7 Å². The van der Waals surface area contributed by atoms with Crippen molar-refractivity contribution in [3.8, 4) is 0 Å². The maximum Gasteiger partial charge on any atom is 0.226 e. The largest absolute Gasteiger partial charge is 0.345 e. The summed E-state index contributed by atoms with van der Waals surface area (Å²) in [6, 6.07) is 5.63. The average molecular weight is 287 g/mol. The lowest BCUT2D eigenvalue weighted by molar-refractivity contribution is -0.129. The van der Waals surface area contributed by atoms with Crippen molar-refractivity contribution in [1.29, 1.82) is 0 Å². The van der Waals surface area contributed by atoms with Gasteiger partial charge in [0.25, 0.3) is 0 Å². The van der Waals surface area contributed by atoms with Crippen LogP contribution in [0.15, 0.2) is 22.8 Å². The highest BCUT2D eigenvalue weighted by Crippen LogP contribution is 2.24. The molecule has 0 atom stereocenters. The number of benzene rings is 1. The third-order valence-electron chi connectivity index (χ3n) is 4.36. The molecule has 0 spiro atoms. The van der Waals surface area contributed by atoms with Crippen molar-refractivity contribution in [2.24, 2.45) is 5.92 Å². The van der Waals surface area contributed by atoms with Crippen molar-refractivity contribution >= 4 is 16.9 Å². The van der Waals surface area contributed by atoms with Gasteiger partial charge in [0.05, 0.1) is 6.42 Å². The number of hydrogen-bond acceptors (Lipinski definition) is 4. The number of carbonyl (C=O) groups is 1. The van der Waals surface area contributed by atoms with Gasteiger partial charge in [-0.2, -0.15) is 0 Å². The first-order valence-corrected chi connectivity index (χ1v) is 7.67. The average Bonchev–Trinajstić information content (AvgIpc) is 2.95. The molecule has 1 aromatic heterocycles. The SMILES string of the molecule is CN(CC1CCCCC1)C(=O)Cc1ccc2nonc2c1. The van der Waals surface area contributed by atoms with Crippen LogP contribution in [0.5, 0.6) is 0 Å². The highest BCUT2D eigenvalue weighted by atomic mass is 16.6. The van der Waals surface area contributed by atoms with Gasteiger partial charge < -0.3 is 4.90 Å².